The third kappa shape index (κ3) is 2.47. The van der Waals surface area contributed by atoms with E-state index in [9.17, 15) is 4.79 Å². The number of piperidine rings is 1. The second-order valence-electron chi connectivity index (χ2n) is 5.25. The zero-order valence-electron chi connectivity index (χ0n) is 11.0. The molecule has 19 heavy (non-hydrogen) atoms. The maximum Gasteiger partial charge on any atom is 0.410 e. The number of piperazine rings is 1. The van der Waals surface area contributed by atoms with Crippen molar-refractivity contribution < 1.29 is 9.53 Å². The normalized spacial score (nSPS) is 31.4. The summed E-state index contributed by atoms with van der Waals surface area (Å²) in [7, 11) is 0. The van der Waals surface area contributed by atoms with Crippen LogP contribution < -0.4 is 11.1 Å². The van der Waals surface area contributed by atoms with E-state index in [-0.39, 0.29) is 12.1 Å². The fourth-order valence-electron chi connectivity index (χ4n) is 2.84. The highest BCUT2D eigenvalue weighted by molar-refractivity contribution is 5.70. The Morgan fingerprint density at radius 3 is 3.00 bits per heavy atom. The first-order valence-corrected chi connectivity index (χ1v) is 6.78. The Morgan fingerprint density at radius 1 is 1.37 bits per heavy atom. The smallest absolute Gasteiger partial charge is 0.410 e. The molecule has 0 saturated carbocycles. The average Bonchev–Trinajstić information content (AvgIpc) is 2.81. The lowest BCUT2D eigenvalue weighted by Crippen LogP contribution is -2.50. The minimum Gasteiger partial charge on any atom is -0.447 e. The van der Waals surface area contributed by atoms with Crippen molar-refractivity contribution in [3.05, 3.63) is 23.7 Å². The molecule has 1 unspecified atom stereocenters. The predicted molar refractivity (Wildman–Crippen MR) is 71.0 cm³/mol. The second-order valence-corrected chi connectivity index (χ2v) is 5.25. The van der Waals surface area contributed by atoms with E-state index < -0.39 is 0 Å². The zero-order valence-corrected chi connectivity index (χ0v) is 11.0. The molecule has 3 rings (SSSR count). The molecule has 6 nitrogen and oxygen atoms in total. The van der Waals surface area contributed by atoms with Crippen LogP contribution in [0, 0.1) is 0 Å². The van der Waals surface area contributed by atoms with E-state index >= 15 is 0 Å². The van der Waals surface area contributed by atoms with Gasteiger partial charge in [-0.2, -0.15) is 0 Å². The first-order chi connectivity index (χ1) is 9.26. The summed E-state index contributed by atoms with van der Waals surface area (Å²) in [4.78, 5) is 15.6. The second kappa shape index (κ2) is 5.03. The van der Waals surface area contributed by atoms with Crippen LogP contribution >= 0.6 is 0 Å². The summed E-state index contributed by atoms with van der Waals surface area (Å²) in [6.07, 6.45) is 5.76. The third-order valence-electron chi connectivity index (χ3n) is 3.97. The summed E-state index contributed by atoms with van der Waals surface area (Å²) < 4.78 is 5.07. The van der Waals surface area contributed by atoms with Crippen LogP contribution in [0.1, 0.15) is 12.8 Å². The maximum absolute atomic E-state index is 11.4. The van der Waals surface area contributed by atoms with E-state index in [1.165, 1.54) is 5.57 Å². The molecule has 1 amide bonds. The third-order valence-corrected chi connectivity index (χ3v) is 3.97. The molecule has 3 saturated heterocycles. The first-order valence-electron chi connectivity index (χ1n) is 6.78. The predicted octanol–water partition coefficient (Wildman–Crippen LogP) is 0.190. The van der Waals surface area contributed by atoms with Gasteiger partial charge in [0.1, 0.15) is 6.61 Å². The zero-order chi connectivity index (χ0) is 13.2. The molecule has 104 valence electrons. The molecule has 0 aliphatic carbocycles. The highest BCUT2D eigenvalue weighted by Gasteiger charge is 2.36. The first kappa shape index (κ1) is 12.2. The molecule has 6 heteroatoms. The highest BCUT2D eigenvalue weighted by Crippen LogP contribution is 2.20. The monoisotopic (exact) mass is 264 g/mol. The number of rotatable bonds is 1. The Balaban J connectivity index is 1.58. The molecule has 3 aliphatic rings. The number of fused-ring (bicyclic) bond motifs is 1. The van der Waals surface area contributed by atoms with Crippen molar-refractivity contribution in [2.24, 2.45) is 5.73 Å². The molecule has 0 aromatic heterocycles. The summed E-state index contributed by atoms with van der Waals surface area (Å²) in [5, 5.41) is 3.31. The van der Waals surface area contributed by atoms with E-state index in [4.69, 9.17) is 10.5 Å². The maximum atomic E-state index is 11.4. The Morgan fingerprint density at radius 2 is 2.26 bits per heavy atom. The number of nitrogens with two attached hydrogens (primary N) is 1. The Labute approximate surface area is 112 Å². The molecule has 0 aromatic rings. The molecule has 0 bridgehead atoms. The SMILES string of the molecule is N/C=C1/CC/C(=C\N2CCN3C(=O)OCC3C2)CN1. The lowest BCUT2D eigenvalue weighted by molar-refractivity contribution is 0.141. The van der Waals surface area contributed by atoms with Gasteiger partial charge < -0.3 is 20.7 Å². The van der Waals surface area contributed by atoms with E-state index in [1.54, 1.807) is 6.20 Å². The number of nitrogens with one attached hydrogen (secondary N) is 1. The number of allylic oxidation sites excluding steroid dienone is 1. The number of hydrogen-bond acceptors (Lipinski definition) is 5. The lowest BCUT2D eigenvalue weighted by atomic mass is 10.0. The molecule has 3 fully saturated rings. The van der Waals surface area contributed by atoms with Gasteiger partial charge in [-0.1, -0.05) is 0 Å². The van der Waals surface area contributed by atoms with Gasteiger partial charge in [0.25, 0.3) is 0 Å². The Hall–Kier alpha value is -1.85. The van der Waals surface area contributed by atoms with Crippen LogP contribution in [-0.2, 0) is 4.74 Å². The van der Waals surface area contributed by atoms with Gasteiger partial charge in [-0.05, 0) is 18.4 Å². The van der Waals surface area contributed by atoms with E-state index in [2.05, 4.69) is 16.4 Å². The summed E-state index contributed by atoms with van der Waals surface area (Å²) >= 11 is 0. The topological polar surface area (TPSA) is 70.8 Å². The fraction of sp³-hybridized carbons (Fsp3) is 0.615. The van der Waals surface area contributed by atoms with E-state index in [0.29, 0.717) is 6.61 Å². The number of carbonyl (C=O) groups is 1. The van der Waals surface area contributed by atoms with Crippen molar-refractivity contribution in [2.75, 3.05) is 32.8 Å². The minimum atomic E-state index is -0.158. The minimum absolute atomic E-state index is 0.158. The van der Waals surface area contributed by atoms with E-state index in [1.807, 2.05) is 4.90 Å². The van der Waals surface area contributed by atoms with Crippen LogP contribution in [0.15, 0.2) is 23.7 Å². The summed E-state index contributed by atoms with van der Waals surface area (Å²) in [6, 6.07) is 0.217. The van der Waals surface area contributed by atoms with Crippen molar-refractivity contribution in [3.8, 4) is 0 Å². The molecular formula is C13H20N4O2. The van der Waals surface area contributed by atoms with Gasteiger partial charge in [-0.15, -0.1) is 0 Å². The van der Waals surface area contributed by atoms with E-state index in [0.717, 1.165) is 44.7 Å². The molecular weight excluding hydrogens is 244 g/mol. The van der Waals surface area contributed by atoms with Gasteiger partial charge in [0, 0.05) is 44.3 Å². The number of hydrogen-bond donors (Lipinski definition) is 2. The standard InChI is InChI=1S/C13H20N4O2/c14-5-11-2-1-10(6-15-11)7-16-3-4-17-12(8-16)9-19-13(17)18/h5,7,12,15H,1-4,6,8-9,14H2/b10-7+,11-5-. The molecule has 0 spiro atoms. The number of ether oxygens (including phenoxy) is 1. The van der Waals surface area contributed by atoms with Gasteiger partial charge in [-0.25, -0.2) is 4.79 Å². The lowest BCUT2D eigenvalue weighted by Gasteiger charge is -2.35. The van der Waals surface area contributed by atoms with Crippen molar-refractivity contribution in [1.82, 2.24) is 15.1 Å². The van der Waals surface area contributed by atoms with Crippen LogP contribution in [0.4, 0.5) is 4.79 Å². The average molecular weight is 264 g/mol. The summed E-state index contributed by atoms with van der Waals surface area (Å²) in [6.45, 7) is 3.90. The quantitative estimate of drug-likeness (QED) is 0.707. The molecule has 3 aliphatic heterocycles. The highest BCUT2D eigenvalue weighted by atomic mass is 16.6. The van der Waals surface area contributed by atoms with Gasteiger partial charge in [-0.3, -0.25) is 4.90 Å². The van der Waals surface area contributed by atoms with Crippen molar-refractivity contribution in [2.45, 2.75) is 18.9 Å². The largest absolute Gasteiger partial charge is 0.447 e. The summed E-state index contributed by atoms with van der Waals surface area (Å²) in [5.41, 5.74) is 8.01. The molecule has 0 radical (unpaired) electrons. The molecule has 3 N–H and O–H groups in total. The van der Waals surface area contributed by atoms with Gasteiger partial charge in [0.05, 0.1) is 6.04 Å². The fourth-order valence-corrected chi connectivity index (χ4v) is 2.84. The van der Waals surface area contributed by atoms with Crippen molar-refractivity contribution in [3.63, 3.8) is 0 Å². The molecule has 3 heterocycles. The van der Waals surface area contributed by atoms with Gasteiger partial charge >= 0.3 is 6.09 Å². The Kier molecular flexibility index (Phi) is 3.23. The van der Waals surface area contributed by atoms with Gasteiger partial charge in [0.15, 0.2) is 0 Å². The summed E-state index contributed by atoms with van der Waals surface area (Å²) in [5.74, 6) is 0. The van der Waals surface area contributed by atoms with Crippen LogP contribution in [0.25, 0.3) is 0 Å². The molecule has 0 aromatic carbocycles. The van der Waals surface area contributed by atoms with Crippen LogP contribution in [-0.4, -0.2) is 54.7 Å². The number of nitrogens with zero attached hydrogens (tertiary/aromatic N) is 2. The number of carbonyl (C=O) groups excluding carboxylic acids is 1. The van der Waals surface area contributed by atoms with Gasteiger partial charge in [0.2, 0.25) is 0 Å². The van der Waals surface area contributed by atoms with Crippen LogP contribution in [0.5, 0.6) is 0 Å². The number of amides is 1. The molecule has 1 atom stereocenters. The van der Waals surface area contributed by atoms with Crippen molar-refractivity contribution >= 4 is 6.09 Å². The van der Waals surface area contributed by atoms with Crippen LogP contribution in [0.3, 0.4) is 0 Å². The van der Waals surface area contributed by atoms with Crippen molar-refractivity contribution in [1.29, 1.82) is 0 Å². The number of cyclic esters (lactones) is 1. The van der Waals surface area contributed by atoms with Crippen LogP contribution in [0.2, 0.25) is 0 Å². The Bertz CT molecular complexity index is 420.